The van der Waals surface area contributed by atoms with Crippen molar-refractivity contribution in [3.8, 4) is 11.1 Å². The van der Waals surface area contributed by atoms with Crippen LogP contribution in [0, 0.1) is 5.92 Å². The number of nitrogens with one attached hydrogen (secondary N) is 3. The maximum absolute atomic E-state index is 12.3. The Hall–Kier alpha value is -2.86. The molecule has 1 aliphatic rings. The molecule has 0 bridgehead atoms. The number of hydrogen-bond acceptors (Lipinski definition) is 3. The van der Waals surface area contributed by atoms with E-state index >= 15 is 0 Å². The first-order valence-corrected chi connectivity index (χ1v) is 10.3. The topological polar surface area (TPSA) is 73.5 Å². The number of nitrogens with zero attached hydrogens (tertiary/aromatic N) is 1. The van der Waals surface area contributed by atoms with Crippen molar-refractivity contribution in [1.82, 2.24) is 10.2 Å². The number of rotatable bonds is 6. The summed E-state index contributed by atoms with van der Waals surface area (Å²) in [4.78, 5) is 26.2. The van der Waals surface area contributed by atoms with Crippen LogP contribution >= 0.6 is 0 Å². The van der Waals surface area contributed by atoms with E-state index in [0.717, 1.165) is 48.4 Å². The van der Waals surface area contributed by atoms with Crippen LogP contribution < -0.4 is 16.0 Å². The third kappa shape index (κ3) is 6.32. The largest absolute Gasteiger partial charge is 0.338 e. The Morgan fingerprint density at radius 3 is 1.93 bits per heavy atom. The van der Waals surface area contributed by atoms with Crippen molar-refractivity contribution >= 4 is 23.3 Å². The van der Waals surface area contributed by atoms with E-state index in [1.54, 1.807) is 0 Å². The minimum atomic E-state index is -0.208. The predicted octanol–water partition coefficient (Wildman–Crippen LogP) is 4.17. The number of urea groups is 1. The summed E-state index contributed by atoms with van der Waals surface area (Å²) < 4.78 is 0. The molecule has 3 N–H and O–H groups in total. The molecule has 3 amide bonds. The lowest BCUT2D eigenvalue weighted by Crippen LogP contribution is -2.31. The fraction of sp³-hybridized carbons (Fsp3) is 0.391. The summed E-state index contributed by atoms with van der Waals surface area (Å²) in [5.74, 6) is 0.574. The lowest BCUT2D eigenvalue weighted by atomic mass is 9.93. The highest BCUT2D eigenvalue weighted by Gasteiger charge is 2.19. The number of piperidine rings is 1. The van der Waals surface area contributed by atoms with Gasteiger partial charge in [0.1, 0.15) is 0 Å². The number of anilines is 2. The molecule has 0 spiro atoms. The molecule has 2 aromatic carbocycles. The van der Waals surface area contributed by atoms with E-state index in [0.29, 0.717) is 18.9 Å². The molecule has 1 fully saturated rings. The average Bonchev–Trinajstić information content (AvgIpc) is 2.71. The second kappa shape index (κ2) is 10.1. The van der Waals surface area contributed by atoms with Crippen LogP contribution in [0.5, 0.6) is 0 Å². The molecule has 0 unspecified atom stereocenters. The SMILES string of the molecule is CCNC(=O)Nc1ccc(-c2ccc(NC(=O)CC3CCN(C)CC3)cc2)cc1. The zero-order chi connectivity index (χ0) is 20.6. The molecule has 0 atom stereocenters. The van der Waals surface area contributed by atoms with E-state index in [9.17, 15) is 9.59 Å². The summed E-state index contributed by atoms with van der Waals surface area (Å²) in [6, 6.07) is 15.3. The van der Waals surface area contributed by atoms with Crippen LogP contribution in [0.4, 0.5) is 16.2 Å². The molecule has 0 saturated carbocycles. The van der Waals surface area contributed by atoms with Gasteiger partial charge in [0.15, 0.2) is 0 Å². The third-order valence-corrected chi connectivity index (χ3v) is 5.29. The van der Waals surface area contributed by atoms with Crippen LogP contribution in [0.3, 0.4) is 0 Å². The minimum Gasteiger partial charge on any atom is -0.338 e. The summed E-state index contributed by atoms with van der Waals surface area (Å²) in [6.07, 6.45) is 2.78. The molecule has 2 aromatic rings. The quantitative estimate of drug-likeness (QED) is 0.689. The molecule has 1 aliphatic heterocycles. The second-order valence-electron chi connectivity index (χ2n) is 7.64. The summed E-state index contributed by atoms with van der Waals surface area (Å²) in [5, 5.41) is 8.51. The van der Waals surface area contributed by atoms with Crippen molar-refractivity contribution in [2.45, 2.75) is 26.2 Å². The Bertz CT molecular complexity index is 810. The summed E-state index contributed by atoms with van der Waals surface area (Å²) in [5.41, 5.74) is 3.68. The van der Waals surface area contributed by atoms with Crippen LogP contribution in [-0.2, 0) is 4.79 Å². The van der Waals surface area contributed by atoms with Crippen molar-refractivity contribution in [1.29, 1.82) is 0 Å². The van der Waals surface area contributed by atoms with Crippen molar-refractivity contribution < 1.29 is 9.59 Å². The van der Waals surface area contributed by atoms with E-state index in [4.69, 9.17) is 0 Å². The van der Waals surface area contributed by atoms with Gasteiger partial charge < -0.3 is 20.9 Å². The van der Waals surface area contributed by atoms with Crippen molar-refractivity contribution in [3.05, 3.63) is 48.5 Å². The number of hydrogen-bond donors (Lipinski definition) is 3. The Kier molecular flexibility index (Phi) is 7.25. The molecule has 0 aromatic heterocycles. The Morgan fingerprint density at radius 2 is 1.41 bits per heavy atom. The molecule has 154 valence electrons. The van der Waals surface area contributed by atoms with Gasteiger partial charge in [-0.2, -0.15) is 0 Å². The van der Waals surface area contributed by atoms with Crippen molar-refractivity contribution in [2.75, 3.05) is 37.3 Å². The molecule has 1 heterocycles. The number of carbonyl (C=O) groups excluding carboxylic acids is 2. The van der Waals surface area contributed by atoms with Gasteiger partial charge in [0, 0.05) is 24.3 Å². The first-order valence-electron chi connectivity index (χ1n) is 10.3. The van der Waals surface area contributed by atoms with Gasteiger partial charge in [0.25, 0.3) is 0 Å². The maximum Gasteiger partial charge on any atom is 0.319 e. The molecule has 0 radical (unpaired) electrons. The summed E-state index contributed by atoms with van der Waals surface area (Å²) >= 11 is 0. The van der Waals surface area contributed by atoms with Gasteiger partial charge in [-0.05, 0) is 81.2 Å². The highest BCUT2D eigenvalue weighted by atomic mass is 16.2. The van der Waals surface area contributed by atoms with Crippen molar-refractivity contribution in [2.24, 2.45) is 5.92 Å². The van der Waals surface area contributed by atoms with E-state index < -0.39 is 0 Å². The van der Waals surface area contributed by atoms with Crippen LogP contribution in [0.25, 0.3) is 11.1 Å². The fourth-order valence-corrected chi connectivity index (χ4v) is 3.57. The average molecular weight is 395 g/mol. The first kappa shape index (κ1) is 20.9. The maximum atomic E-state index is 12.3. The molecule has 3 rings (SSSR count). The van der Waals surface area contributed by atoms with Crippen LogP contribution in [0.2, 0.25) is 0 Å². The Morgan fingerprint density at radius 1 is 0.897 bits per heavy atom. The van der Waals surface area contributed by atoms with E-state index in [1.807, 2.05) is 55.5 Å². The van der Waals surface area contributed by atoms with Crippen molar-refractivity contribution in [3.63, 3.8) is 0 Å². The number of amides is 3. The lowest BCUT2D eigenvalue weighted by molar-refractivity contribution is -0.117. The monoisotopic (exact) mass is 394 g/mol. The molecule has 6 heteroatoms. The molecule has 29 heavy (non-hydrogen) atoms. The number of carbonyl (C=O) groups is 2. The summed E-state index contributed by atoms with van der Waals surface area (Å²) in [7, 11) is 2.13. The second-order valence-corrected chi connectivity index (χ2v) is 7.64. The molecular weight excluding hydrogens is 364 g/mol. The highest BCUT2D eigenvalue weighted by molar-refractivity contribution is 5.91. The zero-order valence-corrected chi connectivity index (χ0v) is 17.2. The number of benzene rings is 2. The van der Waals surface area contributed by atoms with E-state index in [2.05, 4.69) is 27.9 Å². The highest BCUT2D eigenvalue weighted by Crippen LogP contribution is 2.24. The van der Waals surface area contributed by atoms with Gasteiger partial charge in [-0.3, -0.25) is 4.79 Å². The normalized spacial score (nSPS) is 15.0. The smallest absolute Gasteiger partial charge is 0.319 e. The molecule has 6 nitrogen and oxygen atoms in total. The van der Waals surface area contributed by atoms with Gasteiger partial charge in [-0.25, -0.2) is 4.79 Å². The lowest BCUT2D eigenvalue weighted by Gasteiger charge is -2.28. The standard InChI is InChI=1S/C23H30N4O2/c1-3-24-23(29)26-21-10-6-19(7-11-21)18-4-8-20(9-5-18)25-22(28)16-17-12-14-27(2)15-13-17/h4-11,17H,3,12-16H2,1-2H3,(H,25,28)(H2,24,26,29). The summed E-state index contributed by atoms with van der Waals surface area (Å²) in [6.45, 7) is 4.61. The van der Waals surface area contributed by atoms with Gasteiger partial charge >= 0.3 is 6.03 Å². The van der Waals surface area contributed by atoms with Crippen LogP contribution in [-0.4, -0.2) is 43.5 Å². The van der Waals surface area contributed by atoms with Gasteiger partial charge in [0.05, 0.1) is 0 Å². The Labute approximate surface area is 172 Å². The fourth-order valence-electron chi connectivity index (χ4n) is 3.57. The van der Waals surface area contributed by atoms with Gasteiger partial charge in [-0.1, -0.05) is 24.3 Å². The zero-order valence-electron chi connectivity index (χ0n) is 17.2. The van der Waals surface area contributed by atoms with Gasteiger partial charge in [0.2, 0.25) is 5.91 Å². The Balaban J connectivity index is 1.53. The third-order valence-electron chi connectivity index (χ3n) is 5.29. The number of likely N-dealkylation sites (tertiary alicyclic amines) is 1. The molecule has 1 saturated heterocycles. The van der Waals surface area contributed by atoms with Crippen LogP contribution in [0.1, 0.15) is 26.2 Å². The van der Waals surface area contributed by atoms with E-state index in [-0.39, 0.29) is 11.9 Å². The van der Waals surface area contributed by atoms with Crippen LogP contribution in [0.15, 0.2) is 48.5 Å². The van der Waals surface area contributed by atoms with Gasteiger partial charge in [-0.15, -0.1) is 0 Å². The van der Waals surface area contributed by atoms with E-state index in [1.165, 1.54) is 0 Å². The molecular formula is C23H30N4O2. The first-order chi connectivity index (χ1) is 14.0. The molecule has 0 aliphatic carbocycles. The predicted molar refractivity (Wildman–Crippen MR) is 118 cm³/mol. The minimum absolute atomic E-state index is 0.0908.